The number of furan rings is 1. The van der Waals surface area contributed by atoms with Gasteiger partial charge in [-0.1, -0.05) is 40.2 Å². The molecule has 0 fully saturated rings. The Bertz CT molecular complexity index is 951. The Labute approximate surface area is 171 Å². The largest absolute Gasteiger partial charge is 0.490 e. The van der Waals surface area contributed by atoms with E-state index in [2.05, 4.69) is 26.5 Å². The molecule has 0 saturated heterocycles. The monoisotopic (exact) mass is 442 g/mol. The molecular formula is C21H19BrN2O4. The molecule has 0 spiro atoms. The first-order valence-corrected chi connectivity index (χ1v) is 9.47. The molecule has 144 valence electrons. The Hall–Kier alpha value is -3.06. The summed E-state index contributed by atoms with van der Waals surface area (Å²) in [6, 6.07) is 18.6. The second-order valence-corrected chi connectivity index (χ2v) is 6.59. The van der Waals surface area contributed by atoms with Crippen molar-refractivity contribution in [3.05, 3.63) is 70.9 Å². The first kappa shape index (κ1) is 19.7. The summed E-state index contributed by atoms with van der Waals surface area (Å²) < 4.78 is 17.6. The second-order valence-electron chi connectivity index (χ2n) is 5.67. The van der Waals surface area contributed by atoms with Crippen molar-refractivity contribution in [2.45, 2.75) is 6.92 Å². The number of carbonyl (C=O) groups excluding carboxylic acids is 1. The summed E-state index contributed by atoms with van der Waals surface area (Å²) >= 11 is 3.40. The standard InChI is InChI=1S/C21H19BrN2O4/c1-2-26-19-5-3-4-6-20(19)27-14-21(25)24-23-13-17-11-12-18(28-17)15-7-9-16(22)10-8-15/h3-13H,2,14H2,1H3,(H,24,25). The van der Waals surface area contributed by atoms with Gasteiger partial charge in [-0.2, -0.15) is 5.10 Å². The lowest BCUT2D eigenvalue weighted by atomic mass is 10.2. The van der Waals surface area contributed by atoms with Crippen molar-refractivity contribution < 1.29 is 18.7 Å². The summed E-state index contributed by atoms with van der Waals surface area (Å²) in [7, 11) is 0. The Balaban J connectivity index is 1.51. The van der Waals surface area contributed by atoms with E-state index in [4.69, 9.17) is 13.9 Å². The maximum absolute atomic E-state index is 11.9. The van der Waals surface area contributed by atoms with Gasteiger partial charge in [-0.3, -0.25) is 4.79 Å². The zero-order valence-corrected chi connectivity index (χ0v) is 16.8. The number of amides is 1. The van der Waals surface area contributed by atoms with Gasteiger partial charge in [-0.05, 0) is 43.3 Å². The molecule has 0 saturated carbocycles. The van der Waals surface area contributed by atoms with Gasteiger partial charge in [0.1, 0.15) is 11.5 Å². The van der Waals surface area contributed by atoms with Gasteiger partial charge in [0, 0.05) is 10.0 Å². The van der Waals surface area contributed by atoms with E-state index >= 15 is 0 Å². The third-order valence-corrected chi connectivity index (χ3v) is 4.17. The fourth-order valence-corrected chi connectivity index (χ4v) is 2.64. The number of hydrogen-bond acceptors (Lipinski definition) is 5. The molecule has 0 atom stereocenters. The molecule has 0 unspecified atom stereocenters. The summed E-state index contributed by atoms with van der Waals surface area (Å²) in [4.78, 5) is 11.9. The van der Waals surface area contributed by atoms with Crippen LogP contribution in [0.5, 0.6) is 11.5 Å². The smallest absolute Gasteiger partial charge is 0.277 e. The van der Waals surface area contributed by atoms with Crippen LogP contribution in [0.25, 0.3) is 11.3 Å². The molecule has 28 heavy (non-hydrogen) atoms. The van der Waals surface area contributed by atoms with E-state index in [1.807, 2.05) is 49.4 Å². The van der Waals surface area contributed by atoms with Gasteiger partial charge in [-0.25, -0.2) is 5.43 Å². The molecule has 3 aromatic rings. The highest BCUT2D eigenvalue weighted by Crippen LogP contribution is 2.26. The van der Waals surface area contributed by atoms with Crippen LogP contribution in [0, 0.1) is 0 Å². The van der Waals surface area contributed by atoms with E-state index in [1.165, 1.54) is 6.21 Å². The molecule has 1 heterocycles. The molecule has 0 bridgehead atoms. The normalized spacial score (nSPS) is 10.8. The summed E-state index contributed by atoms with van der Waals surface area (Å²) in [5.74, 6) is 1.96. The predicted octanol–water partition coefficient (Wildman–Crippen LogP) is 4.64. The van der Waals surface area contributed by atoms with Gasteiger partial charge in [0.05, 0.1) is 12.8 Å². The Morgan fingerprint density at radius 3 is 2.50 bits per heavy atom. The highest BCUT2D eigenvalue weighted by atomic mass is 79.9. The number of para-hydroxylation sites is 2. The highest BCUT2D eigenvalue weighted by molar-refractivity contribution is 9.10. The number of rotatable bonds is 8. The molecule has 6 nitrogen and oxygen atoms in total. The Morgan fingerprint density at radius 2 is 1.79 bits per heavy atom. The third-order valence-electron chi connectivity index (χ3n) is 3.64. The number of nitrogens with zero attached hydrogens (tertiary/aromatic N) is 1. The van der Waals surface area contributed by atoms with Crippen LogP contribution in [0.4, 0.5) is 0 Å². The van der Waals surface area contributed by atoms with Crippen LogP contribution in [0.2, 0.25) is 0 Å². The van der Waals surface area contributed by atoms with Crippen LogP contribution in [0.1, 0.15) is 12.7 Å². The fourth-order valence-electron chi connectivity index (χ4n) is 2.38. The third kappa shape index (κ3) is 5.47. The summed E-state index contributed by atoms with van der Waals surface area (Å²) in [5, 5.41) is 3.90. The molecule has 1 amide bonds. The Morgan fingerprint density at radius 1 is 1.07 bits per heavy atom. The number of hydrazone groups is 1. The minimum Gasteiger partial charge on any atom is -0.490 e. The van der Waals surface area contributed by atoms with E-state index in [1.54, 1.807) is 18.2 Å². The van der Waals surface area contributed by atoms with E-state index in [-0.39, 0.29) is 12.5 Å². The van der Waals surface area contributed by atoms with Gasteiger partial charge >= 0.3 is 0 Å². The lowest BCUT2D eigenvalue weighted by molar-refractivity contribution is -0.123. The SMILES string of the molecule is CCOc1ccccc1OCC(=O)NN=Cc1ccc(-c2ccc(Br)cc2)o1. The van der Waals surface area contributed by atoms with Crippen LogP contribution in [-0.2, 0) is 4.79 Å². The van der Waals surface area contributed by atoms with Crippen molar-refractivity contribution >= 4 is 28.1 Å². The molecule has 2 aromatic carbocycles. The number of carbonyl (C=O) groups is 1. The summed E-state index contributed by atoms with van der Waals surface area (Å²) in [6.45, 7) is 2.22. The van der Waals surface area contributed by atoms with Gasteiger partial charge < -0.3 is 13.9 Å². The van der Waals surface area contributed by atoms with Crippen LogP contribution >= 0.6 is 15.9 Å². The van der Waals surface area contributed by atoms with Crippen LogP contribution in [0.15, 0.2) is 74.7 Å². The van der Waals surface area contributed by atoms with Crippen LogP contribution in [0.3, 0.4) is 0 Å². The number of hydrogen-bond donors (Lipinski definition) is 1. The molecule has 0 aliphatic carbocycles. The minimum absolute atomic E-state index is 0.177. The van der Waals surface area contributed by atoms with Crippen molar-refractivity contribution in [3.63, 3.8) is 0 Å². The molecule has 0 aliphatic heterocycles. The quantitative estimate of drug-likeness (QED) is 0.407. The van der Waals surface area contributed by atoms with Crippen molar-refractivity contribution in [1.29, 1.82) is 0 Å². The zero-order valence-electron chi connectivity index (χ0n) is 15.2. The fraction of sp³-hybridized carbons (Fsp3) is 0.143. The Kier molecular flexibility index (Phi) is 6.86. The van der Waals surface area contributed by atoms with E-state index in [0.717, 1.165) is 15.8 Å². The van der Waals surface area contributed by atoms with Crippen molar-refractivity contribution in [2.75, 3.05) is 13.2 Å². The molecule has 1 N–H and O–H groups in total. The molecule has 3 rings (SSSR count). The zero-order chi connectivity index (χ0) is 19.8. The van der Waals surface area contributed by atoms with Gasteiger partial charge in [-0.15, -0.1) is 0 Å². The molecule has 0 radical (unpaired) electrons. The molecular weight excluding hydrogens is 424 g/mol. The topological polar surface area (TPSA) is 73.1 Å². The molecule has 7 heteroatoms. The predicted molar refractivity (Wildman–Crippen MR) is 111 cm³/mol. The van der Waals surface area contributed by atoms with E-state index < -0.39 is 0 Å². The number of halogens is 1. The molecule has 0 aliphatic rings. The van der Waals surface area contributed by atoms with E-state index in [0.29, 0.717) is 23.9 Å². The minimum atomic E-state index is -0.387. The second kappa shape index (κ2) is 9.75. The first-order chi connectivity index (χ1) is 13.7. The van der Waals surface area contributed by atoms with Crippen molar-refractivity contribution in [3.8, 4) is 22.8 Å². The lowest BCUT2D eigenvalue weighted by Crippen LogP contribution is -2.24. The van der Waals surface area contributed by atoms with Gasteiger partial charge in [0.2, 0.25) is 0 Å². The first-order valence-electron chi connectivity index (χ1n) is 8.68. The van der Waals surface area contributed by atoms with E-state index in [9.17, 15) is 4.79 Å². The summed E-state index contributed by atoms with van der Waals surface area (Å²) in [6.07, 6.45) is 1.44. The van der Waals surface area contributed by atoms with Crippen molar-refractivity contribution in [1.82, 2.24) is 5.43 Å². The van der Waals surface area contributed by atoms with Crippen molar-refractivity contribution in [2.24, 2.45) is 5.10 Å². The van der Waals surface area contributed by atoms with Gasteiger partial charge in [0.15, 0.2) is 18.1 Å². The van der Waals surface area contributed by atoms with Crippen LogP contribution in [-0.4, -0.2) is 25.3 Å². The maximum atomic E-state index is 11.9. The number of benzene rings is 2. The highest BCUT2D eigenvalue weighted by Gasteiger charge is 2.07. The average Bonchev–Trinajstić information content (AvgIpc) is 3.17. The average molecular weight is 443 g/mol. The van der Waals surface area contributed by atoms with Crippen LogP contribution < -0.4 is 14.9 Å². The van der Waals surface area contributed by atoms with Gasteiger partial charge in [0.25, 0.3) is 5.91 Å². The number of nitrogens with one attached hydrogen (secondary N) is 1. The molecule has 1 aromatic heterocycles. The lowest BCUT2D eigenvalue weighted by Gasteiger charge is -2.10. The maximum Gasteiger partial charge on any atom is 0.277 e. The number of ether oxygens (including phenoxy) is 2. The summed E-state index contributed by atoms with van der Waals surface area (Å²) in [5.41, 5.74) is 3.36.